The first kappa shape index (κ1) is 18.8. The maximum Gasteiger partial charge on any atom is 0.335 e. The van der Waals surface area contributed by atoms with E-state index in [-0.39, 0.29) is 6.16 Å². The highest BCUT2D eigenvalue weighted by molar-refractivity contribution is 7.80. The summed E-state index contributed by atoms with van der Waals surface area (Å²) in [6, 6.07) is 7.51. The second kappa shape index (κ2) is 9.74. The second-order valence-electron chi connectivity index (χ2n) is 4.43. The lowest BCUT2D eigenvalue weighted by Crippen LogP contribution is -2.28. The molecule has 0 heterocycles. The summed E-state index contributed by atoms with van der Waals surface area (Å²) in [5.74, 6) is 0. The smallest absolute Gasteiger partial charge is 0.335 e. The topological polar surface area (TPSA) is 59.6 Å². The van der Waals surface area contributed by atoms with Crippen molar-refractivity contribution in [2.45, 2.75) is 20.0 Å². The van der Waals surface area contributed by atoms with Crippen molar-refractivity contribution in [1.29, 1.82) is 0 Å². The third-order valence-electron chi connectivity index (χ3n) is 2.65. The van der Waals surface area contributed by atoms with Crippen LogP contribution in [0.15, 0.2) is 36.9 Å². The van der Waals surface area contributed by atoms with Crippen molar-refractivity contribution in [3.8, 4) is 0 Å². The zero-order chi connectivity index (χ0) is 16.4. The van der Waals surface area contributed by atoms with E-state index in [4.69, 9.17) is 21.3 Å². The molecule has 1 aromatic rings. The number of thiocarbonyl (C=S) groups is 1. The van der Waals surface area contributed by atoms with Gasteiger partial charge in [0.15, 0.2) is 5.11 Å². The van der Waals surface area contributed by atoms with Crippen molar-refractivity contribution in [1.82, 2.24) is 5.32 Å². The Labute approximate surface area is 137 Å². The van der Waals surface area contributed by atoms with E-state index < -0.39 is 7.60 Å². The van der Waals surface area contributed by atoms with Crippen molar-refractivity contribution >= 4 is 30.6 Å². The third-order valence-corrected chi connectivity index (χ3v) is 4.95. The minimum atomic E-state index is -3.07. The molecule has 1 aromatic carbocycles. The Balaban J connectivity index is 2.65. The zero-order valence-electron chi connectivity index (χ0n) is 13.0. The Bertz CT molecular complexity index is 524. The van der Waals surface area contributed by atoms with Gasteiger partial charge in [0.1, 0.15) is 0 Å². The lowest BCUT2D eigenvalue weighted by Gasteiger charge is -2.17. The fourth-order valence-electron chi connectivity index (χ4n) is 1.78. The van der Waals surface area contributed by atoms with Gasteiger partial charge in [-0.1, -0.05) is 18.2 Å². The Morgan fingerprint density at radius 3 is 2.36 bits per heavy atom. The fourth-order valence-corrected chi connectivity index (χ4v) is 3.68. The monoisotopic (exact) mass is 342 g/mol. The van der Waals surface area contributed by atoms with Crippen LogP contribution in [0.2, 0.25) is 0 Å². The molecule has 0 saturated heterocycles. The summed E-state index contributed by atoms with van der Waals surface area (Å²) in [4.78, 5) is 0. The molecule has 7 heteroatoms. The molecule has 0 saturated carbocycles. The van der Waals surface area contributed by atoms with Crippen molar-refractivity contribution in [2.75, 3.05) is 25.1 Å². The lowest BCUT2D eigenvalue weighted by atomic mass is 10.2. The van der Waals surface area contributed by atoms with Crippen molar-refractivity contribution in [3.05, 3.63) is 42.5 Å². The van der Waals surface area contributed by atoms with Gasteiger partial charge >= 0.3 is 7.60 Å². The maximum atomic E-state index is 12.5. The van der Waals surface area contributed by atoms with Crippen LogP contribution in [0.4, 0.5) is 5.69 Å². The summed E-state index contributed by atoms with van der Waals surface area (Å²) >= 11 is 5.14. The van der Waals surface area contributed by atoms with E-state index in [9.17, 15) is 4.57 Å². The Kier molecular flexibility index (Phi) is 8.35. The second-order valence-corrected chi connectivity index (χ2v) is 6.89. The number of anilines is 1. The molecular formula is C15H23N2O3PS. The van der Waals surface area contributed by atoms with Gasteiger partial charge in [-0.3, -0.25) is 4.57 Å². The predicted molar refractivity (Wildman–Crippen MR) is 95.4 cm³/mol. The molecule has 22 heavy (non-hydrogen) atoms. The Hall–Kier alpha value is -1.20. The minimum Gasteiger partial charge on any atom is -0.359 e. The van der Waals surface area contributed by atoms with Crippen LogP contribution in [0, 0.1) is 0 Å². The molecule has 0 unspecified atom stereocenters. The molecule has 122 valence electrons. The third kappa shape index (κ3) is 6.71. The van der Waals surface area contributed by atoms with Crippen LogP contribution in [-0.4, -0.2) is 24.9 Å². The van der Waals surface area contributed by atoms with E-state index in [0.29, 0.717) is 24.9 Å². The number of nitrogens with one attached hydrogen (secondary N) is 2. The van der Waals surface area contributed by atoms with Gasteiger partial charge in [0, 0.05) is 12.2 Å². The molecule has 0 atom stereocenters. The SMILES string of the molecule is C=CCNC(=S)Nc1ccc(CP(=O)(OCC)OCC)cc1. The highest BCUT2D eigenvalue weighted by Gasteiger charge is 2.23. The number of benzene rings is 1. The normalized spacial score (nSPS) is 11.0. The van der Waals surface area contributed by atoms with Crippen LogP contribution in [0.3, 0.4) is 0 Å². The molecule has 0 amide bonds. The molecule has 0 fully saturated rings. The standard InChI is InChI=1S/C15H23N2O3PS/c1-4-11-16-15(22)17-14-9-7-13(8-10-14)12-21(18,19-5-2)20-6-3/h4,7-10H,1,5-6,11-12H2,2-3H3,(H2,16,17,22). The van der Waals surface area contributed by atoms with Crippen LogP contribution in [0.1, 0.15) is 19.4 Å². The summed E-state index contributed by atoms with van der Waals surface area (Å²) in [7, 11) is -3.07. The van der Waals surface area contributed by atoms with Gasteiger partial charge in [-0.25, -0.2) is 0 Å². The number of hydrogen-bond acceptors (Lipinski definition) is 4. The minimum absolute atomic E-state index is 0.258. The molecule has 1 rings (SSSR count). The van der Waals surface area contributed by atoms with Crippen molar-refractivity contribution < 1.29 is 13.6 Å². The quantitative estimate of drug-likeness (QED) is 0.403. The summed E-state index contributed by atoms with van der Waals surface area (Å²) < 4.78 is 23.0. The van der Waals surface area contributed by atoms with Gasteiger partial charge in [0.2, 0.25) is 0 Å². The van der Waals surface area contributed by atoms with E-state index in [1.165, 1.54) is 0 Å². The zero-order valence-corrected chi connectivity index (χ0v) is 14.7. The molecule has 5 nitrogen and oxygen atoms in total. The van der Waals surface area contributed by atoms with Gasteiger partial charge in [0.05, 0.1) is 19.4 Å². The van der Waals surface area contributed by atoms with Crippen LogP contribution in [-0.2, 0) is 19.8 Å². The summed E-state index contributed by atoms with van der Waals surface area (Å²) in [5.41, 5.74) is 1.74. The van der Waals surface area contributed by atoms with E-state index >= 15 is 0 Å². The van der Waals surface area contributed by atoms with Crippen LogP contribution >= 0.6 is 19.8 Å². The molecule has 0 bridgehead atoms. The largest absolute Gasteiger partial charge is 0.359 e. The molecule has 2 N–H and O–H groups in total. The molecular weight excluding hydrogens is 319 g/mol. The van der Waals surface area contributed by atoms with Crippen molar-refractivity contribution in [3.63, 3.8) is 0 Å². The number of hydrogen-bond donors (Lipinski definition) is 2. The van der Waals surface area contributed by atoms with Gasteiger partial charge in [-0.2, -0.15) is 0 Å². The van der Waals surface area contributed by atoms with Gasteiger partial charge in [0.25, 0.3) is 0 Å². The molecule has 0 spiro atoms. The first-order valence-corrected chi connectivity index (χ1v) is 9.29. The van der Waals surface area contributed by atoms with E-state index in [1.807, 2.05) is 24.3 Å². The molecule has 0 aliphatic rings. The van der Waals surface area contributed by atoms with E-state index in [0.717, 1.165) is 11.3 Å². The first-order chi connectivity index (χ1) is 10.5. The van der Waals surface area contributed by atoms with Gasteiger partial charge in [-0.05, 0) is 43.8 Å². The van der Waals surface area contributed by atoms with Crippen LogP contribution in [0.5, 0.6) is 0 Å². The van der Waals surface area contributed by atoms with Crippen molar-refractivity contribution in [2.24, 2.45) is 0 Å². The summed E-state index contributed by atoms with van der Waals surface area (Å²) in [6.07, 6.45) is 1.99. The van der Waals surface area contributed by atoms with Gasteiger partial charge in [-0.15, -0.1) is 6.58 Å². The Morgan fingerprint density at radius 2 is 1.86 bits per heavy atom. The fraction of sp³-hybridized carbons (Fsp3) is 0.400. The molecule has 0 aliphatic carbocycles. The maximum absolute atomic E-state index is 12.5. The summed E-state index contributed by atoms with van der Waals surface area (Å²) in [6.45, 7) is 8.55. The molecule has 0 radical (unpaired) electrons. The van der Waals surface area contributed by atoms with Gasteiger partial charge < -0.3 is 19.7 Å². The first-order valence-electron chi connectivity index (χ1n) is 7.15. The molecule has 0 aliphatic heterocycles. The highest BCUT2D eigenvalue weighted by Crippen LogP contribution is 2.51. The van der Waals surface area contributed by atoms with E-state index in [2.05, 4.69) is 17.2 Å². The average Bonchev–Trinajstić information content (AvgIpc) is 2.47. The highest BCUT2D eigenvalue weighted by atomic mass is 32.1. The predicted octanol–water partition coefficient (Wildman–Crippen LogP) is 3.93. The van der Waals surface area contributed by atoms with Crippen LogP contribution < -0.4 is 10.6 Å². The van der Waals surface area contributed by atoms with Crippen LogP contribution in [0.25, 0.3) is 0 Å². The average molecular weight is 342 g/mol. The number of rotatable bonds is 9. The van der Waals surface area contributed by atoms with E-state index in [1.54, 1.807) is 19.9 Å². The molecule has 0 aromatic heterocycles. The lowest BCUT2D eigenvalue weighted by molar-refractivity contribution is 0.219. The Morgan fingerprint density at radius 1 is 1.27 bits per heavy atom. The summed E-state index contributed by atoms with van der Waals surface area (Å²) in [5, 5.41) is 6.57.